The third-order valence-electron chi connectivity index (χ3n) is 1.82. The predicted octanol–water partition coefficient (Wildman–Crippen LogP) is 0.921. The number of carbonyl (C=O) groups is 1. The van der Waals surface area contributed by atoms with E-state index >= 15 is 0 Å². The summed E-state index contributed by atoms with van der Waals surface area (Å²) in [7, 11) is 0. The maximum absolute atomic E-state index is 10.4. The summed E-state index contributed by atoms with van der Waals surface area (Å²) in [5.41, 5.74) is 5.37. The highest BCUT2D eigenvalue weighted by Crippen LogP contribution is 2.09. The Morgan fingerprint density at radius 3 is 2.38 bits per heavy atom. The summed E-state index contributed by atoms with van der Waals surface area (Å²) >= 11 is 1.50. The lowest BCUT2D eigenvalue weighted by atomic mass is 10.4. The summed E-state index contributed by atoms with van der Waals surface area (Å²) in [6.45, 7) is 5.06. The van der Waals surface area contributed by atoms with Crippen LogP contribution in [-0.2, 0) is 14.3 Å². The Morgan fingerprint density at radius 1 is 1.38 bits per heavy atom. The molecule has 0 aromatic carbocycles. The topological polar surface area (TPSA) is 81.8 Å². The zero-order valence-electron chi connectivity index (χ0n) is 9.85. The first-order valence-electron chi connectivity index (χ1n) is 5.41. The number of carboxylic acid groups (broad SMARTS) is 1. The molecule has 0 unspecified atom stereocenters. The third kappa shape index (κ3) is 7.92. The fourth-order valence-electron chi connectivity index (χ4n) is 1.05. The number of ether oxygens (including phenoxy) is 2. The number of nitrogens with two attached hydrogens (primary N) is 1. The van der Waals surface area contributed by atoms with Gasteiger partial charge in [0.15, 0.2) is 6.29 Å². The second-order valence-electron chi connectivity index (χ2n) is 3.15. The summed E-state index contributed by atoms with van der Waals surface area (Å²) < 4.78 is 10.7. The minimum absolute atomic E-state index is 0.191. The van der Waals surface area contributed by atoms with Crippen LogP contribution in [0.5, 0.6) is 0 Å². The Hall–Kier alpha value is -0.300. The van der Waals surface area contributed by atoms with Gasteiger partial charge in [0.1, 0.15) is 6.04 Å². The average Bonchev–Trinajstić information content (AvgIpc) is 2.24. The van der Waals surface area contributed by atoms with Crippen molar-refractivity contribution in [1.82, 2.24) is 0 Å². The summed E-state index contributed by atoms with van der Waals surface area (Å²) in [5, 5.41) is 8.57. The van der Waals surface area contributed by atoms with Crippen molar-refractivity contribution < 1.29 is 19.4 Å². The molecule has 5 nitrogen and oxygen atoms in total. The molecule has 0 fully saturated rings. The van der Waals surface area contributed by atoms with Gasteiger partial charge in [0.05, 0.1) is 0 Å². The van der Waals surface area contributed by atoms with Crippen LogP contribution < -0.4 is 5.73 Å². The standard InChI is InChI=1S/C10H21NO4S/c1-3-14-9(15-4-2)5-6-16-7-8(11)10(12)13/h8-9H,3-7,11H2,1-2H3,(H,12,13)/t8-/m0/s1. The van der Waals surface area contributed by atoms with E-state index in [0.717, 1.165) is 12.2 Å². The van der Waals surface area contributed by atoms with Crippen LogP contribution in [0.1, 0.15) is 20.3 Å². The van der Waals surface area contributed by atoms with Gasteiger partial charge in [0, 0.05) is 25.4 Å². The van der Waals surface area contributed by atoms with Crippen molar-refractivity contribution >= 4 is 17.7 Å². The Morgan fingerprint density at radius 2 is 1.94 bits per heavy atom. The normalized spacial score (nSPS) is 13.0. The van der Waals surface area contributed by atoms with Crippen LogP contribution in [0.15, 0.2) is 0 Å². The second kappa shape index (κ2) is 9.89. The van der Waals surface area contributed by atoms with Crippen LogP contribution in [0.2, 0.25) is 0 Å². The molecule has 0 aliphatic heterocycles. The smallest absolute Gasteiger partial charge is 0.321 e. The van der Waals surface area contributed by atoms with Crippen molar-refractivity contribution in [3.05, 3.63) is 0 Å². The number of hydrogen-bond donors (Lipinski definition) is 2. The largest absolute Gasteiger partial charge is 0.480 e. The molecule has 0 radical (unpaired) electrons. The number of hydrogen-bond acceptors (Lipinski definition) is 5. The van der Waals surface area contributed by atoms with Crippen molar-refractivity contribution in [1.29, 1.82) is 0 Å². The van der Waals surface area contributed by atoms with Gasteiger partial charge in [-0.05, 0) is 19.6 Å². The fraction of sp³-hybridized carbons (Fsp3) is 0.900. The van der Waals surface area contributed by atoms with E-state index in [0.29, 0.717) is 19.0 Å². The minimum Gasteiger partial charge on any atom is -0.480 e. The molecule has 0 aromatic rings. The molecule has 0 spiro atoms. The average molecular weight is 251 g/mol. The summed E-state index contributed by atoms with van der Waals surface area (Å²) in [5.74, 6) is 0.241. The zero-order valence-corrected chi connectivity index (χ0v) is 10.7. The lowest BCUT2D eigenvalue weighted by Gasteiger charge is -2.16. The molecule has 0 aliphatic carbocycles. The predicted molar refractivity (Wildman–Crippen MR) is 64.6 cm³/mol. The quantitative estimate of drug-likeness (QED) is 0.444. The Balaban J connectivity index is 3.57. The summed E-state index contributed by atoms with van der Waals surface area (Å²) in [4.78, 5) is 10.4. The molecule has 6 heteroatoms. The van der Waals surface area contributed by atoms with Crippen molar-refractivity contribution in [2.45, 2.75) is 32.6 Å². The minimum atomic E-state index is -0.960. The van der Waals surface area contributed by atoms with E-state index in [4.69, 9.17) is 20.3 Å². The molecule has 0 aromatic heterocycles. The first-order chi connectivity index (χ1) is 7.61. The molecule has 0 aliphatic rings. The van der Waals surface area contributed by atoms with Gasteiger partial charge >= 0.3 is 5.97 Å². The van der Waals surface area contributed by atoms with Gasteiger partial charge in [0.2, 0.25) is 0 Å². The van der Waals surface area contributed by atoms with Crippen molar-refractivity contribution in [3.63, 3.8) is 0 Å². The summed E-state index contributed by atoms with van der Waals surface area (Å²) in [6.07, 6.45) is 0.558. The lowest BCUT2D eigenvalue weighted by molar-refractivity contribution is -0.137. The number of aliphatic carboxylic acids is 1. The molecule has 0 saturated heterocycles. The number of thioether (sulfide) groups is 1. The van der Waals surface area contributed by atoms with Gasteiger partial charge in [-0.25, -0.2) is 0 Å². The Labute approximate surface area is 101 Å². The first-order valence-corrected chi connectivity index (χ1v) is 6.56. The van der Waals surface area contributed by atoms with E-state index in [2.05, 4.69) is 0 Å². The monoisotopic (exact) mass is 251 g/mol. The van der Waals surface area contributed by atoms with Crippen molar-refractivity contribution in [2.75, 3.05) is 24.7 Å². The maximum atomic E-state index is 10.4. The van der Waals surface area contributed by atoms with Crippen LogP contribution in [0.3, 0.4) is 0 Å². The SMILES string of the molecule is CCOC(CCSC[C@H](N)C(=O)O)OCC. The van der Waals surface area contributed by atoms with Crippen molar-refractivity contribution in [2.24, 2.45) is 5.73 Å². The van der Waals surface area contributed by atoms with E-state index in [1.54, 1.807) is 0 Å². The molecule has 0 heterocycles. The van der Waals surface area contributed by atoms with Crippen molar-refractivity contribution in [3.8, 4) is 0 Å². The molecule has 3 N–H and O–H groups in total. The van der Waals surface area contributed by atoms with Gasteiger partial charge in [-0.3, -0.25) is 4.79 Å². The van der Waals surface area contributed by atoms with Gasteiger partial charge in [-0.1, -0.05) is 0 Å². The molecule has 16 heavy (non-hydrogen) atoms. The van der Waals surface area contributed by atoms with E-state index in [1.807, 2.05) is 13.8 Å². The third-order valence-corrected chi connectivity index (χ3v) is 2.94. The lowest BCUT2D eigenvalue weighted by Crippen LogP contribution is -2.32. The zero-order chi connectivity index (χ0) is 12.4. The fourth-order valence-corrected chi connectivity index (χ4v) is 1.97. The Kier molecular flexibility index (Phi) is 9.71. The second-order valence-corrected chi connectivity index (χ2v) is 4.30. The highest BCUT2D eigenvalue weighted by molar-refractivity contribution is 7.99. The molecule has 0 bridgehead atoms. The molecule has 0 saturated carbocycles. The van der Waals surface area contributed by atoms with Gasteiger partial charge in [-0.2, -0.15) is 11.8 Å². The van der Waals surface area contributed by atoms with Crippen LogP contribution in [0.25, 0.3) is 0 Å². The maximum Gasteiger partial charge on any atom is 0.321 e. The molecule has 1 atom stereocenters. The number of rotatable bonds is 10. The molecule has 96 valence electrons. The highest BCUT2D eigenvalue weighted by atomic mass is 32.2. The molecular formula is C10H21NO4S. The highest BCUT2D eigenvalue weighted by Gasteiger charge is 2.12. The van der Waals surface area contributed by atoms with E-state index in [-0.39, 0.29) is 6.29 Å². The molecular weight excluding hydrogens is 230 g/mol. The summed E-state index contributed by atoms with van der Waals surface area (Å²) in [6, 6.07) is -0.789. The van der Waals surface area contributed by atoms with Crippen LogP contribution in [0.4, 0.5) is 0 Å². The van der Waals surface area contributed by atoms with E-state index < -0.39 is 12.0 Å². The van der Waals surface area contributed by atoms with Crippen LogP contribution in [-0.4, -0.2) is 48.1 Å². The molecule has 0 amide bonds. The van der Waals surface area contributed by atoms with Gasteiger partial charge in [-0.15, -0.1) is 0 Å². The van der Waals surface area contributed by atoms with E-state index in [1.165, 1.54) is 11.8 Å². The van der Waals surface area contributed by atoms with Gasteiger partial charge in [0.25, 0.3) is 0 Å². The van der Waals surface area contributed by atoms with E-state index in [9.17, 15) is 4.79 Å². The molecule has 0 rings (SSSR count). The first kappa shape index (κ1) is 15.7. The van der Waals surface area contributed by atoms with Gasteiger partial charge < -0.3 is 20.3 Å². The Bertz CT molecular complexity index is 186. The number of carboxylic acids is 1. The van der Waals surface area contributed by atoms with Crippen LogP contribution in [0, 0.1) is 0 Å². The van der Waals surface area contributed by atoms with Crippen LogP contribution >= 0.6 is 11.8 Å².